The fraction of sp³-hybridized carbons (Fsp3) is 0.750. The molecule has 112 valence electrons. The van der Waals surface area contributed by atoms with Crippen LogP contribution in [-0.2, 0) is 12.8 Å². The highest BCUT2D eigenvalue weighted by Gasteiger charge is 2.25. The number of fused-ring (bicyclic) bond motifs is 1. The molecule has 0 saturated heterocycles. The molecular weight excluding hydrogens is 248 g/mol. The van der Waals surface area contributed by atoms with E-state index in [4.69, 9.17) is 5.73 Å². The van der Waals surface area contributed by atoms with E-state index in [9.17, 15) is 0 Å². The lowest BCUT2D eigenvalue weighted by atomic mass is 9.82. The average molecular weight is 276 g/mol. The van der Waals surface area contributed by atoms with Gasteiger partial charge in [-0.05, 0) is 50.5 Å². The van der Waals surface area contributed by atoms with E-state index in [1.165, 1.54) is 30.5 Å². The van der Waals surface area contributed by atoms with Gasteiger partial charge in [0, 0.05) is 17.8 Å². The zero-order valence-electron chi connectivity index (χ0n) is 12.9. The van der Waals surface area contributed by atoms with Crippen molar-refractivity contribution in [1.29, 1.82) is 0 Å². The molecule has 3 N–H and O–H groups in total. The van der Waals surface area contributed by atoms with Crippen LogP contribution in [0.3, 0.4) is 0 Å². The molecule has 0 amide bonds. The van der Waals surface area contributed by atoms with E-state index in [0.29, 0.717) is 0 Å². The van der Waals surface area contributed by atoms with Crippen molar-refractivity contribution < 1.29 is 0 Å². The number of nitrogens with zero attached hydrogens (tertiary/aromatic N) is 2. The van der Waals surface area contributed by atoms with Gasteiger partial charge in [0.2, 0.25) is 0 Å². The van der Waals surface area contributed by atoms with Crippen molar-refractivity contribution in [2.45, 2.75) is 58.8 Å². The van der Waals surface area contributed by atoms with Gasteiger partial charge in [-0.2, -0.15) is 0 Å². The number of aryl methyl sites for hydroxylation is 1. The Kier molecular flexibility index (Phi) is 5.35. The Morgan fingerprint density at radius 2 is 1.90 bits per heavy atom. The van der Waals surface area contributed by atoms with E-state index in [2.05, 4.69) is 29.1 Å². The van der Waals surface area contributed by atoms with Crippen molar-refractivity contribution in [3.8, 4) is 0 Å². The van der Waals surface area contributed by atoms with Crippen LogP contribution in [0.4, 0.5) is 5.82 Å². The summed E-state index contributed by atoms with van der Waals surface area (Å²) in [5.74, 6) is 1.04. The van der Waals surface area contributed by atoms with Gasteiger partial charge in [-0.1, -0.05) is 20.3 Å². The van der Waals surface area contributed by atoms with E-state index >= 15 is 0 Å². The maximum absolute atomic E-state index is 5.98. The summed E-state index contributed by atoms with van der Waals surface area (Å²) >= 11 is 0. The van der Waals surface area contributed by atoms with E-state index in [1.807, 2.05) is 0 Å². The third kappa shape index (κ3) is 3.29. The van der Waals surface area contributed by atoms with Gasteiger partial charge in [0.25, 0.3) is 0 Å². The van der Waals surface area contributed by atoms with E-state index in [-0.39, 0.29) is 5.41 Å². The van der Waals surface area contributed by atoms with Crippen LogP contribution in [0.5, 0.6) is 0 Å². The van der Waals surface area contributed by atoms with Gasteiger partial charge in [-0.25, -0.2) is 9.97 Å². The summed E-state index contributed by atoms with van der Waals surface area (Å²) in [4.78, 5) is 8.95. The van der Waals surface area contributed by atoms with Gasteiger partial charge < -0.3 is 11.1 Å². The maximum atomic E-state index is 5.98. The largest absolute Gasteiger partial charge is 0.369 e. The highest BCUT2D eigenvalue weighted by atomic mass is 15.0. The third-order valence-corrected chi connectivity index (χ3v) is 4.94. The number of rotatable bonds is 6. The smallest absolute Gasteiger partial charge is 0.132 e. The molecule has 1 heterocycles. The number of hydrogen-bond acceptors (Lipinski definition) is 4. The minimum atomic E-state index is 0.183. The molecular formula is C16H28N4. The topological polar surface area (TPSA) is 63.8 Å². The third-order valence-electron chi connectivity index (χ3n) is 4.94. The molecule has 0 bridgehead atoms. The molecule has 4 nitrogen and oxygen atoms in total. The van der Waals surface area contributed by atoms with Crippen LogP contribution >= 0.6 is 0 Å². The Morgan fingerprint density at radius 3 is 2.60 bits per heavy atom. The van der Waals surface area contributed by atoms with Crippen LogP contribution in [0.1, 0.15) is 57.2 Å². The zero-order valence-corrected chi connectivity index (χ0v) is 12.9. The minimum absolute atomic E-state index is 0.183. The van der Waals surface area contributed by atoms with Crippen molar-refractivity contribution in [1.82, 2.24) is 9.97 Å². The van der Waals surface area contributed by atoms with Crippen molar-refractivity contribution in [2.75, 3.05) is 18.4 Å². The summed E-state index contributed by atoms with van der Waals surface area (Å²) in [6.07, 6.45) is 9.89. The number of nitrogens with two attached hydrogens (primary N) is 1. The molecule has 1 aliphatic carbocycles. The molecule has 20 heavy (non-hydrogen) atoms. The van der Waals surface area contributed by atoms with Crippen molar-refractivity contribution in [3.63, 3.8) is 0 Å². The van der Waals surface area contributed by atoms with Crippen LogP contribution in [0.25, 0.3) is 0 Å². The van der Waals surface area contributed by atoms with Crippen LogP contribution < -0.4 is 11.1 Å². The molecule has 0 saturated carbocycles. The first-order valence-corrected chi connectivity index (χ1v) is 8.01. The SMILES string of the molecule is CCC(CC)(CN)CNc1ncnc2c1CCCCC2. The Bertz CT molecular complexity index is 418. The second-order valence-electron chi connectivity index (χ2n) is 5.97. The van der Waals surface area contributed by atoms with E-state index < -0.39 is 0 Å². The van der Waals surface area contributed by atoms with Crippen LogP contribution in [0.15, 0.2) is 6.33 Å². The molecule has 0 fully saturated rings. The van der Waals surface area contributed by atoms with Crippen molar-refractivity contribution in [3.05, 3.63) is 17.6 Å². The standard InChI is InChI=1S/C16H28N4/c1-3-16(4-2,10-17)11-18-15-13-8-6-5-7-9-14(13)19-12-20-15/h12H,3-11,17H2,1-2H3,(H,18,19,20). The zero-order chi connectivity index (χ0) is 14.4. The number of nitrogens with one attached hydrogen (secondary N) is 1. The summed E-state index contributed by atoms with van der Waals surface area (Å²) in [7, 11) is 0. The molecule has 0 unspecified atom stereocenters. The van der Waals surface area contributed by atoms with Gasteiger partial charge in [0.15, 0.2) is 0 Å². The van der Waals surface area contributed by atoms with Gasteiger partial charge in [-0.3, -0.25) is 0 Å². The summed E-state index contributed by atoms with van der Waals surface area (Å²) in [5, 5.41) is 3.56. The first-order chi connectivity index (χ1) is 9.74. The summed E-state index contributed by atoms with van der Waals surface area (Å²) in [5.41, 5.74) is 8.74. The van der Waals surface area contributed by atoms with Gasteiger partial charge in [0.1, 0.15) is 12.1 Å². The Morgan fingerprint density at radius 1 is 1.15 bits per heavy atom. The van der Waals surface area contributed by atoms with Gasteiger partial charge in [0.05, 0.1) is 0 Å². The molecule has 1 aliphatic rings. The van der Waals surface area contributed by atoms with Gasteiger partial charge in [-0.15, -0.1) is 0 Å². The Balaban J connectivity index is 2.13. The predicted molar refractivity (Wildman–Crippen MR) is 83.9 cm³/mol. The van der Waals surface area contributed by atoms with Crippen LogP contribution in [0.2, 0.25) is 0 Å². The Labute approximate surface area is 122 Å². The molecule has 1 aromatic heterocycles. The number of hydrogen-bond donors (Lipinski definition) is 2. The molecule has 0 aromatic carbocycles. The van der Waals surface area contributed by atoms with E-state index in [1.54, 1.807) is 6.33 Å². The molecule has 0 aliphatic heterocycles. The molecule has 0 radical (unpaired) electrons. The normalized spacial score (nSPS) is 15.6. The molecule has 1 aromatic rings. The minimum Gasteiger partial charge on any atom is -0.369 e. The summed E-state index contributed by atoms with van der Waals surface area (Å²) < 4.78 is 0. The fourth-order valence-corrected chi connectivity index (χ4v) is 2.98. The lowest BCUT2D eigenvalue weighted by Crippen LogP contribution is -2.36. The van der Waals surface area contributed by atoms with Crippen LogP contribution in [-0.4, -0.2) is 23.1 Å². The molecule has 4 heteroatoms. The second-order valence-corrected chi connectivity index (χ2v) is 5.97. The molecule has 0 atom stereocenters. The van der Waals surface area contributed by atoms with Crippen molar-refractivity contribution in [2.24, 2.45) is 11.1 Å². The van der Waals surface area contributed by atoms with E-state index in [0.717, 1.165) is 44.6 Å². The van der Waals surface area contributed by atoms with Crippen LogP contribution in [0, 0.1) is 5.41 Å². The van der Waals surface area contributed by atoms with Gasteiger partial charge >= 0.3 is 0 Å². The first kappa shape index (κ1) is 15.2. The lowest BCUT2D eigenvalue weighted by molar-refractivity contribution is 0.294. The average Bonchev–Trinajstić information content (AvgIpc) is 2.75. The number of anilines is 1. The quantitative estimate of drug-likeness (QED) is 0.784. The fourth-order valence-electron chi connectivity index (χ4n) is 2.98. The highest BCUT2D eigenvalue weighted by molar-refractivity contribution is 5.46. The Hall–Kier alpha value is -1.16. The second kappa shape index (κ2) is 7.02. The monoisotopic (exact) mass is 276 g/mol. The molecule has 2 rings (SSSR count). The summed E-state index contributed by atoms with van der Waals surface area (Å²) in [6, 6.07) is 0. The predicted octanol–water partition coefficient (Wildman–Crippen LogP) is 2.92. The summed E-state index contributed by atoms with van der Waals surface area (Å²) in [6.45, 7) is 6.07. The highest BCUT2D eigenvalue weighted by Crippen LogP contribution is 2.28. The molecule has 0 spiro atoms. The maximum Gasteiger partial charge on any atom is 0.132 e. The first-order valence-electron chi connectivity index (χ1n) is 8.01. The number of aromatic nitrogens is 2. The van der Waals surface area contributed by atoms with Crippen molar-refractivity contribution >= 4 is 5.82 Å². The lowest BCUT2D eigenvalue weighted by Gasteiger charge is -2.31.